The van der Waals surface area contributed by atoms with Crippen molar-refractivity contribution >= 4 is 57.4 Å². The van der Waals surface area contributed by atoms with Crippen molar-refractivity contribution in [1.82, 2.24) is 18.7 Å². The predicted octanol–water partition coefficient (Wildman–Crippen LogP) is 4.04. The minimum absolute atomic E-state index is 0.0729. The van der Waals surface area contributed by atoms with Crippen LogP contribution in [-0.2, 0) is 11.8 Å². The first-order chi connectivity index (χ1) is 20.8. The zero-order chi connectivity index (χ0) is 30.2. The van der Waals surface area contributed by atoms with E-state index in [-0.39, 0.29) is 32.8 Å². The van der Waals surface area contributed by atoms with Gasteiger partial charge in [-0.05, 0) is 42.8 Å². The molecule has 1 aliphatic heterocycles. The van der Waals surface area contributed by atoms with Gasteiger partial charge in [0.2, 0.25) is 0 Å². The molecule has 0 radical (unpaired) electrons. The highest BCUT2D eigenvalue weighted by atomic mass is 32.2. The molecular formula is C31H26N6O4S2. The summed E-state index contributed by atoms with van der Waals surface area (Å²) in [5.74, 6) is -0.312. The van der Waals surface area contributed by atoms with Gasteiger partial charge in [-0.15, -0.1) is 0 Å². The van der Waals surface area contributed by atoms with E-state index in [1.807, 2.05) is 36.4 Å². The lowest BCUT2D eigenvalue weighted by Crippen LogP contribution is -2.33. The number of rotatable bonds is 7. The number of carbonyl (C=O) groups is 1. The Morgan fingerprint density at radius 3 is 2.37 bits per heavy atom. The van der Waals surface area contributed by atoms with Gasteiger partial charge in [-0.25, -0.2) is 9.67 Å². The van der Waals surface area contributed by atoms with Gasteiger partial charge in [0.25, 0.3) is 17.0 Å². The van der Waals surface area contributed by atoms with Crippen LogP contribution < -0.4 is 21.3 Å². The Morgan fingerprint density at radius 2 is 1.65 bits per heavy atom. The number of fused-ring (bicyclic) bond motifs is 1. The zero-order valence-electron chi connectivity index (χ0n) is 23.2. The number of anilines is 2. The maximum Gasteiger partial charge on any atom is 0.296 e. The van der Waals surface area contributed by atoms with Gasteiger partial charge >= 0.3 is 0 Å². The van der Waals surface area contributed by atoms with Crippen LogP contribution >= 0.6 is 24.0 Å². The first-order valence-electron chi connectivity index (χ1n) is 13.4. The highest BCUT2D eigenvalue weighted by Crippen LogP contribution is 2.36. The van der Waals surface area contributed by atoms with E-state index in [2.05, 4.69) is 10.3 Å². The van der Waals surface area contributed by atoms with Crippen LogP contribution in [0.3, 0.4) is 0 Å². The molecule has 10 nitrogen and oxygen atoms in total. The van der Waals surface area contributed by atoms with Crippen molar-refractivity contribution in [1.29, 1.82) is 0 Å². The van der Waals surface area contributed by atoms with Crippen LogP contribution in [0.5, 0.6) is 0 Å². The van der Waals surface area contributed by atoms with Gasteiger partial charge in [-0.3, -0.25) is 28.4 Å². The van der Waals surface area contributed by atoms with Crippen LogP contribution in [0.2, 0.25) is 0 Å². The van der Waals surface area contributed by atoms with Gasteiger partial charge in [-0.2, -0.15) is 0 Å². The van der Waals surface area contributed by atoms with E-state index in [0.717, 1.165) is 11.8 Å². The highest BCUT2D eigenvalue weighted by molar-refractivity contribution is 8.27. The molecular weight excluding hydrogens is 585 g/mol. The van der Waals surface area contributed by atoms with Crippen molar-refractivity contribution < 1.29 is 9.90 Å². The third-order valence-corrected chi connectivity index (χ3v) is 8.53. The molecule has 2 N–H and O–H groups in total. The Kier molecular flexibility index (Phi) is 7.57. The number of amides is 1. The van der Waals surface area contributed by atoms with E-state index in [0.29, 0.717) is 22.6 Å². The number of hydrogen-bond acceptors (Lipinski definition) is 8. The number of aromatic nitrogens is 4. The Labute approximate surface area is 255 Å². The van der Waals surface area contributed by atoms with Crippen LogP contribution in [0.15, 0.2) is 99.6 Å². The number of pyridine rings is 1. The normalized spacial score (nSPS) is 15.0. The number of nitrogens with one attached hydrogen (secondary N) is 1. The quantitative estimate of drug-likeness (QED) is 0.210. The monoisotopic (exact) mass is 610 g/mol. The van der Waals surface area contributed by atoms with Gasteiger partial charge in [-0.1, -0.05) is 78.6 Å². The van der Waals surface area contributed by atoms with Crippen LogP contribution in [0.4, 0.5) is 11.5 Å². The third-order valence-electron chi connectivity index (χ3n) is 7.23. The number of aliphatic hydroxyl groups excluding tert-OH is 1. The number of thioether (sulfide) groups is 1. The second kappa shape index (κ2) is 11.5. The molecule has 2 aromatic carbocycles. The lowest BCUT2D eigenvalue weighted by molar-refractivity contribution is -0.113. The molecule has 1 atom stereocenters. The molecule has 1 aliphatic rings. The van der Waals surface area contributed by atoms with Gasteiger partial charge in [0.15, 0.2) is 4.32 Å². The van der Waals surface area contributed by atoms with E-state index >= 15 is 0 Å². The fraction of sp³-hybridized carbons (Fsp3) is 0.129. The van der Waals surface area contributed by atoms with Crippen LogP contribution in [0.25, 0.3) is 17.4 Å². The standard InChI is InChI=1S/C31H26N6O4S2/c1-19-26(30(41)37(34(19)2)21-13-7-4-8-14-21)36-29(40)24(43-31(36)42)17-22-27(32-18-23(38)20-11-5-3-6-12-20)33-25-15-9-10-16-35(25)28(22)39/h3-17,23,32,38H,18H2,1-2H3. The van der Waals surface area contributed by atoms with E-state index in [4.69, 9.17) is 12.2 Å². The van der Waals surface area contributed by atoms with Crippen LogP contribution in [0.1, 0.15) is 22.9 Å². The topological polar surface area (TPSA) is 114 Å². The molecule has 0 saturated carbocycles. The molecule has 0 bridgehead atoms. The maximum absolute atomic E-state index is 13.8. The average Bonchev–Trinajstić information content (AvgIpc) is 3.42. The molecule has 216 valence electrons. The summed E-state index contributed by atoms with van der Waals surface area (Å²) in [6, 6.07) is 23.4. The molecule has 1 saturated heterocycles. The van der Waals surface area contributed by atoms with E-state index in [1.165, 1.54) is 20.1 Å². The Morgan fingerprint density at radius 1 is 0.977 bits per heavy atom. The van der Waals surface area contributed by atoms with Crippen molar-refractivity contribution in [3.8, 4) is 5.69 Å². The van der Waals surface area contributed by atoms with E-state index < -0.39 is 23.1 Å². The van der Waals surface area contributed by atoms with Crippen LogP contribution in [-0.4, -0.2) is 40.6 Å². The molecule has 43 heavy (non-hydrogen) atoms. The number of benzene rings is 2. The number of hydrogen-bond donors (Lipinski definition) is 2. The molecule has 1 amide bonds. The van der Waals surface area contributed by atoms with Crippen molar-refractivity contribution in [2.24, 2.45) is 7.05 Å². The first kappa shape index (κ1) is 28.3. The van der Waals surface area contributed by atoms with E-state index in [9.17, 15) is 19.5 Å². The van der Waals surface area contributed by atoms with E-state index in [1.54, 1.807) is 67.3 Å². The minimum atomic E-state index is -0.865. The van der Waals surface area contributed by atoms with Gasteiger partial charge in [0.05, 0.1) is 28.0 Å². The second-order valence-corrected chi connectivity index (χ2v) is 11.5. The SMILES string of the molecule is Cc1c(N2C(=O)C(=Cc3c(NCC(O)c4ccccc4)nc4ccccn4c3=O)SC2=S)c(=O)n(-c2ccccc2)n1C. The summed E-state index contributed by atoms with van der Waals surface area (Å²) < 4.78 is 4.71. The molecule has 0 spiro atoms. The first-order valence-corrected chi connectivity index (χ1v) is 14.6. The lowest BCUT2D eigenvalue weighted by atomic mass is 10.1. The fourth-order valence-corrected chi connectivity index (χ4v) is 6.21. The third kappa shape index (κ3) is 5.09. The highest BCUT2D eigenvalue weighted by Gasteiger charge is 2.38. The van der Waals surface area contributed by atoms with Gasteiger partial charge in [0.1, 0.15) is 17.2 Å². The number of nitrogens with zero attached hydrogens (tertiary/aromatic N) is 5. The van der Waals surface area contributed by atoms with Crippen molar-refractivity contribution in [2.75, 3.05) is 16.8 Å². The molecule has 1 fully saturated rings. The summed E-state index contributed by atoms with van der Waals surface area (Å²) in [5, 5.41) is 13.8. The van der Waals surface area contributed by atoms with Crippen molar-refractivity contribution in [2.45, 2.75) is 13.0 Å². The fourth-order valence-electron chi connectivity index (χ4n) is 4.96. The summed E-state index contributed by atoms with van der Waals surface area (Å²) in [6.45, 7) is 1.82. The summed E-state index contributed by atoms with van der Waals surface area (Å²) >= 11 is 6.59. The molecule has 12 heteroatoms. The minimum Gasteiger partial charge on any atom is -0.387 e. The smallest absolute Gasteiger partial charge is 0.296 e. The number of thiocarbonyl (C=S) groups is 1. The Bertz CT molecular complexity index is 2030. The summed E-state index contributed by atoms with van der Waals surface area (Å²) in [4.78, 5) is 47.1. The molecule has 5 aromatic rings. The molecule has 0 aliphatic carbocycles. The van der Waals surface area contributed by atoms with Gasteiger partial charge in [0, 0.05) is 19.8 Å². The summed E-state index contributed by atoms with van der Waals surface area (Å²) in [6.07, 6.45) is 2.17. The van der Waals surface area contributed by atoms with Crippen molar-refractivity contribution in [3.63, 3.8) is 0 Å². The molecule has 3 aromatic heterocycles. The Hall–Kier alpha value is -4.78. The van der Waals surface area contributed by atoms with Gasteiger partial charge < -0.3 is 10.4 Å². The average molecular weight is 611 g/mol. The summed E-state index contributed by atoms with van der Waals surface area (Å²) in [7, 11) is 1.74. The molecule has 4 heterocycles. The number of carbonyl (C=O) groups excluding carboxylic acids is 1. The lowest BCUT2D eigenvalue weighted by Gasteiger charge is -2.15. The number of aliphatic hydroxyl groups is 1. The Balaban J connectivity index is 1.40. The number of para-hydroxylation sites is 1. The predicted molar refractivity (Wildman–Crippen MR) is 173 cm³/mol. The largest absolute Gasteiger partial charge is 0.387 e. The van der Waals surface area contributed by atoms with Crippen molar-refractivity contribution in [3.05, 3.63) is 127 Å². The van der Waals surface area contributed by atoms with Crippen LogP contribution in [0, 0.1) is 6.92 Å². The molecule has 1 unspecified atom stereocenters. The summed E-state index contributed by atoms with van der Waals surface area (Å²) in [5.41, 5.74) is 1.77. The zero-order valence-corrected chi connectivity index (χ0v) is 24.8. The maximum atomic E-state index is 13.8. The molecule has 6 rings (SSSR count). The second-order valence-electron chi connectivity index (χ2n) is 9.84.